The molecule has 0 amide bonds. The Kier molecular flexibility index (Phi) is 5.81. The lowest BCUT2D eigenvalue weighted by Gasteiger charge is -1.99. The van der Waals surface area contributed by atoms with Gasteiger partial charge in [-0.15, -0.1) is 0 Å². The van der Waals surface area contributed by atoms with E-state index in [0.717, 1.165) is 31.3 Å². The molecule has 0 fully saturated rings. The molecule has 0 bridgehead atoms. The van der Waals surface area contributed by atoms with Crippen molar-refractivity contribution < 1.29 is 4.79 Å². The summed E-state index contributed by atoms with van der Waals surface area (Å²) in [7, 11) is 0. The first-order valence-electron chi connectivity index (χ1n) is 4.42. The normalized spacial score (nSPS) is 11.7. The lowest BCUT2D eigenvalue weighted by Crippen LogP contribution is -1.95. The number of Topliss-reactive ketones (excluding diaryl/α,β-unsaturated/α-hetero) is 1. The van der Waals surface area contributed by atoms with Gasteiger partial charge in [0.1, 0.15) is 0 Å². The Morgan fingerprint density at radius 1 is 1.27 bits per heavy atom. The standard InChI is InChI=1S/C10H18O/c1-4-6-8-10(7-5-2)9(3)11/h8H,4-7H2,1-3H3/b10-8-. The molecule has 0 aromatic carbocycles. The smallest absolute Gasteiger partial charge is 0.155 e. The summed E-state index contributed by atoms with van der Waals surface area (Å²) in [6.45, 7) is 5.88. The summed E-state index contributed by atoms with van der Waals surface area (Å²) in [4.78, 5) is 11.0. The SMILES string of the molecule is CCC/C=C(/CCC)C(C)=O. The molecule has 0 unspecified atom stereocenters. The first-order chi connectivity index (χ1) is 5.22. The van der Waals surface area contributed by atoms with Gasteiger partial charge >= 0.3 is 0 Å². The number of carbonyl (C=O) groups is 1. The van der Waals surface area contributed by atoms with Crippen LogP contribution in [-0.2, 0) is 4.79 Å². The van der Waals surface area contributed by atoms with Gasteiger partial charge in [0, 0.05) is 0 Å². The molecule has 0 aromatic rings. The van der Waals surface area contributed by atoms with Crippen molar-refractivity contribution >= 4 is 5.78 Å². The maximum atomic E-state index is 11.0. The number of allylic oxidation sites excluding steroid dienone is 2. The van der Waals surface area contributed by atoms with Crippen LogP contribution in [0.1, 0.15) is 46.5 Å². The van der Waals surface area contributed by atoms with Crippen molar-refractivity contribution in [1.82, 2.24) is 0 Å². The second-order valence-corrected chi connectivity index (χ2v) is 2.82. The molecule has 1 nitrogen and oxygen atoms in total. The summed E-state index contributed by atoms with van der Waals surface area (Å²) >= 11 is 0. The monoisotopic (exact) mass is 154 g/mol. The molecule has 0 heterocycles. The molecule has 64 valence electrons. The van der Waals surface area contributed by atoms with Gasteiger partial charge in [-0.25, -0.2) is 0 Å². The van der Waals surface area contributed by atoms with E-state index in [1.165, 1.54) is 0 Å². The summed E-state index contributed by atoms with van der Waals surface area (Å²) in [5.41, 5.74) is 1.01. The first kappa shape index (κ1) is 10.4. The van der Waals surface area contributed by atoms with E-state index in [1.54, 1.807) is 6.92 Å². The largest absolute Gasteiger partial charge is 0.295 e. The molecule has 11 heavy (non-hydrogen) atoms. The predicted octanol–water partition coefficient (Wildman–Crippen LogP) is 3.10. The summed E-state index contributed by atoms with van der Waals surface area (Å²) in [6.07, 6.45) is 6.24. The predicted molar refractivity (Wildman–Crippen MR) is 48.6 cm³/mol. The Hall–Kier alpha value is -0.590. The summed E-state index contributed by atoms with van der Waals surface area (Å²) < 4.78 is 0. The van der Waals surface area contributed by atoms with Crippen LogP contribution >= 0.6 is 0 Å². The van der Waals surface area contributed by atoms with Crippen molar-refractivity contribution in [2.24, 2.45) is 0 Å². The zero-order valence-corrected chi connectivity index (χ0v) is 7.81. The van der Waals surface area contributed by atoms with Crippen molar-refractivity contribution in [3.05, 3.63) is 11.6 Å². The summed E-state index contributed by atoms with van der Waals surface area (Å²) in [6, 6.07) is 0. The van der Waals surface area contributed by atoms with Crippen molar-refractivity contribution in [2.45, 2.75) is 46.5 Å². The van der Waals surface area contributed by atoms with Gasteiger partial charge in [-0.1, -0.05) is 32.8 Å². The van der Waals surface area contributed by atoms with E-state index in [4.69, 9.17) is 0 Å². The van der Waals surface area contributed by atoms with Gasteiger partial charge in [-0.3, -0.25) is 4.79 Å². The highest BCUT2D eigenvalue weighted by Gasteiger charge is 2.00. The third-order valence-electron chi connectivity index (χ3n) is 1.65. The Balaban J connectivity index is 3.97. The van der Waals surface area contributed by atoms with Crippen LogP contribution in [0.3, 0.4) is 0 Å². The molecule has 1 heteroatoms. The van der Waals surface area contributed by atoms with E-state index < -0.39 is 0 Å². The van der Waals surface area contributed by atoms with E-state index in [-0.39, 0.29) is 5.78 Å². The second-order valence-electron chi connectivity index (χ2n) is 2.82. The molecule has 0 N–H and O–H groups in total. The number of hydrogen-bond acceptors (Lipinski definition) is 1. The number of ketones is 1. The van der Waals surface area contributed by atoms with Gasteiger partial charge in [-0.05, 0) is 25.3 Å². The quantitative estimate of drug-likeness (QED) is 0.556. The highest BCUT2D eigenvalue weighted by atomic mass is 16.1. The van der Waals surface area contributed by atoms with Crippen LogP contribution in [0.4, 0.5) is 0 Å². The van der Waals surface area contributed by atoms with Crippen molar-refractivity contribution in [3.63, 3.8) is 0 Å². The maximum absolute atomic E-state index is 11.0. The zero-order valence-electron chi connectivity index (χ0n) is 7.81. The minimum absolute atomic E-state index is 0.236. The molecule has 0 spiro atoms. The lowest BCUT2D eigenvalue weighted by atomic mass is 10.1. The third kappa shape index (κ3) is 4.77. The Bertz CT molecular complexity index is 145. The van der Waals surface area contributed by atoms with Gasteiger partial charge in [0.05, 0.1) is 0 Å². The van der Waals surface area contributed by atoms with E-state index in [9.17, 15) is 4.79 Å². The highest BCUT2D eigenvalue weighted by Crippen LogP contribution is 2.07. The Labute approximate surface area is 69.5 Å². The van der Waals surface area contributed by atoms with Crippen LogP contribution in [0.5, 0.6) is 0 Å². The molecule has 0 radical (unpaired) electrons. The third-order valence-corrected chi connectivity index (χ3v) is 1.65. The lowest BCUT2D eigenvalue weighted by molar-refractivity contribution is -0.113. The van der Waals surface area contributed by atoms with Gasteiger partial charge < -0.3 is 0 Å². The number of carbonyl (C=O) groups excluding carboxylic acids is 1. The topological polar surface area (TPSA) is 17.1 Å². The number of hydrogen-bond donors (Lipinski definition) is 0. The van der Waals surface area contributed by atoms with Crippen molar-refractivity contribution in [3.8, 4) is 0 Å². The van der Waals surface area contributed by atoms with E-state index in [0.29, 0.717) is 0 Å². The molecular formula is C10H18O. The van der Waals surface area contributed by atoms with Gasteiger partial charge in [-0.2, -0.15) is 0 Å². The average Bonchev–Trinajstić information content (AvgIpc) is 1.97. The minimum Gasteiger partial charge on any atom is -0.295 e. The van der Waals surface area contributed by atoms with Crippen LogP contribution in [-0.4, -0.2) is 5.78 Å². The molecule has 0 saturated carbocycles. The molecule has 0 aliphatic rings. The fourth-order valence-electron chi connectivity index (χ4n) is 1.01. The molecule has 0 atom stereocenters. The molecular weight excluding hydrogens is 136 g/mol. The Morgan fingerprint density at radius 3 is 2.27 bits per heavy atom. The molecule has 0 rings (SSSR count). The molecule has 0 aromatic heterocycles. The molecule has 0 aliphatic carbocycles. The minimum atomic E-state index is 0.236. The van der Waals surface area contributed by atoms with Crippen LogP contribution in [0.2, 0.25) is 0 Å². The maximum Gasteiger partial charge on any atom is 0.155 e. The zero-order chi connectivity index (χ0) is 8.69. The van der Waals surface area contributed by atoms with E-state index >= 15 is 0 Å². The summed E-state index contributed by atoms with van der Waals surface area (Å²) in [5, 5.41) is 0. The van der Waals surface area contributed by atoms with Crippen LogP contribution in [0, 0.1) is 0 Å². The summed E-state index contributed by atoms with van der Waals surface area (Å²) in [5.74, 6) is 0.236. The molecule has 0 saturated heterocycles. The first-order valence-corrected chi connectivity index (χ1v) is 4.42. The number of rotatable bonds is 5. The average molecular weight is 154 g/mol. The number of unbranched alkanes of at least 4 members (excludes halogenated alkanes) is 1. The van der Waals surface area contributed by atoms with Crippen molar-refractivity contribution in [1.29, 1.82) is 0 Å². The van der Waals surface area contributed by atoms with Gasteiger partial charge in [0.2, 0.25) is 0 Å². The van der Waals surface area contributed by atoms with Crippen LogP contribution in [0.15, 0.2) is 11.6 Å². The van der Waals surface area contributed by atoms with Crippen LogP contribution in [0.25, 0.3) is 0 Å². The second kappa shape index (κ2) is 6.14. The Morgan fingerprint density at radius 2 is 1.91 bits per heavy atom. The van der Waals surface area contributed by atoms with E-state index in [1.807, 2.05) is 0 Å². The highest BCUT2D eigenvalue weighted by molar-refractivity contribution is 5.93. The van der Waals surface area contributed by atoms with Gasteiger partial charge in [0.25, 0.3) is 0 Å². The molecule has 0 aliphatic heterocycles. The van der Waals surface area contributed by atoms with E-state index in [2.05, 4.69) is 19.9 Å². The van der Waals surface area contributed by atoms with Crippen LogP contribution < -0.4 is 0 Å². The fourth-order valence-corrected chi connectivity index (χ4v) is 1.01. The van der Waals surface area contributed by atoms with Crippen molar-refractivity contribution in [2.75, 3.05) is 0 Å². The van der Waals surface area contributed by atoms with Gasteiger partial charge in [0.15, 0.2) is 5.78 Å². The fraction of sp³-hybridized carbons (Fsp3) is 0.700.